The van der Waals surface area contributed by atoms with Crippen LogP contribution < -0.4 is 0 Å². The second-order valence-corrected chi connectivity index (χ2v) is 5.04. The van der Waals surface area contributed by atoms with Gasteiger partial charge in [-0.15, -0.1) is 0 Å². The quantitative estimate of drug-likeness (QED) is 0.845. The molecule has 5 heteroatoms. The molecule has 2 aromatic rings. The number of rotatable bonds is 2. The zero-order chi connectivity index (χ0) is 14.1. The van der Waals surface area contributed by atoms with Gasteiger partial charge in [0, 0.05) is 12.6 Å². The zero-order valence-corrected chi connectivity index (χ0v) is 11.2. The number of nitrogens with zero attached hydrogens (tertiary/aromatic N) is 2. The predicted molar refractivity (Wildman–Crippen MR) is 70.7 cm³/mol. The second-order valence-electron chi connectivity index (χ2n) is 5.04. The van der Waals surface area contributed by atoms with Gasteiger partial charge in [-0.1, -0.05) is 17.3 Å². The largest absolute Gasteiger partial charge is 0.351 e. The molecule has 0 saturated carbocycles. The van der Waals surface area contributed by atoms with Crippen molar-refractivity contribution >= 4 is 5.91 Å². The number of likely N-dealkylation sites (tertiary alicyclic amines) is 1. The minimum Gasteiger partial charge on any atom is -0.351 e. The van der Waals surface area contributed by atoms with Gasteiger partial charge in [0.05, 0.1) is 11.7 Å². The number of carbonyl (C=O) groups excluding carboxylic acids is 1. The Morgan fingerprint density at radius 1 is 1.40 bits per heavy atom. The van der Waals surface area contributed by atoms with E-state index in [1.54, 1.807) is 30.0 Å². The average Bonchev–Trinajstić information content (AvgIpc) is 3.07. The highest BCUT2D eigenvalue weighted by Gasteiger charge is 2.32. The minimum absolute atomic E-state index is 0.0199. The smallest absolute Gasteiger partial charge is 0.292 e. The highest BCUT2D eigenvalue weighted by molar-refractivity contribution is 5.92. The fourth-order valence-electron chi connectivity index (χ4n) is 2.65. The van der Waals surface area contributed by atoms with E-state index in [0.29, 0.717) is 12.2 Å². The standard InChI is InChI=1S/C15H15FN2O2/c1-10-9-14(20-17-10)15(19)18-8-2-3-13(18)11-4-6-12(16)7-5-11/h4-7,9,13H,2-3,8H2,1H3. The van der Waals surface area contributed by atoms with E-state index < -0.39 is 0 Å². The number of carbonyl (C=O) groups is 1. The molecule has 1 amide bonds. The molecule has 1 aliphatic rings. The maximum absolute atomic E-state index is 13.0. The first-order valence-corrected chi connectivity index (χ1v) is 6.65. The summed E-state index contributed by atoms with van der Waals surface area (Å²) in [4.78, 5) is 14.2. The first-order valence-electron chi connectivity index (χ1n) is 6.65. The molecule has 1 atom stereocenters. The molecule has 1 fully saturated rings. The highest BCUT2D eigenvalue weighted by Crippen LogP contribution is 2.33. The summed E-state index contributed by atoms with van der Waals surface area (Å²) in [5.74, 6) is -0.163. The Kier molecular flexibility index (Phi) is 3.26. The van der Waals surface area contributed by atoms with Gasteiger partial charge in [0.25, 0.3) is 5.91 Å². The van der Waals surface area contributed by atoms with Crippen LogP contribution in [0.1, 0.15) is 40.7 Å². The summed E-state index contributed by atoms with van der Waals surface area (Å²) in [6.07, 6.45) is 1.81. The minimum atomic E-state index is -0.268. The van der Waals surface area contributed by atoms with Gasteiger partial charge in [0.15, 0.2) is 0 Å². The molecule has 0 N–H and O–H groups in total. The van der Waals surface area contributed by atoms with Crippen molar-refractivity contribution < 1.29 is 13.7 Å². The molecular formula is C15H15FN2O2. The molecule has 1 aromatic carbocycles. The third kappa shape index (κ3) is 2.31. The first-order chi connectivity index (χ1) is 9.65. The van der Waals surface area contributed by atoms with Crippen LogP contribution in [-0.2, 0) is 0 Å². The molecule has 0 bridgehead atoms. The molecule has 0 radical (unpaired) electrons. The lowest BCUT2D eigenvalue weighted by atomic mass is 10.0. The Hall–Kier alpha value is -2.17. The van der Waals surface area contributed by atoms with E-state index >= 15 is 0 Å². The maximum atomic E-state index is 13.0. The number of benzene rings is 1. The van der Waals surface area contributed by atoms with Crippen molar-refractivity contribution in [1.29, 1.82) is 0 Å². The van der Waals surface area contributed by atoms with E-state index in [-0.39, 0.29) is 23.5 Å². The zero-order valence-electron chi connectivity index (χ0n) is 11.2. The van der Waals surface area contributed by atoms with Crippen LogP contribution in [0.25, 0.3) is 0 Å². The lowest BCUT2D eigenvalue weighted by Crippen LogP contribution is -2.30. The van der Waals surface area contributed by atoms with Gasteiger partial charge in [-0.25, -0.2) is 4.39 Å². The molecule has 1 saturated heterocycles. The fraction of sp³-hybridized carbons (Fsp3) is 0.333. The lowest BCUT2D eigenvalue weighted by molar-refractivity contribution is 0.0693. The normalized spacial score (nSPS) is 18.5. The molecule has 1 unspecified atom stereocenters. The molecule has 0 aliphatic carbocycles. The van der Waals surface area contributed by atoms with Crippen LogP contribution in [0.4, 0.5) is 4.39 Å². The Balaban J connectivity index is 1.85. The molecule has 1 aliphatic heterocycles. The van der Waals surface area contributed by atoms with Gasteiger partial charge in [0.1, 0.15) is 5.82 Å². The maximum Gasteiger partial charge on any atom is 0.292 e. The first kappa shape index (κ1) is 12.8. The fourth-order valence-corrected chi connectivity index (χ4v) is 2.65. The van der Waals surface area contributed by atoms with Crippen molar-refractivity contribution in [2.75, 3.05) is 6.54 Å². The third-order valence-corrected chi connectivity index (χ3v) is 3.61. The van der Waals surface area contributed by atoms with Crippen LogP contribution >= 0.6 is 0 Å². The van der Waals surface area contributed by atoms with Gasteiger partial charge >= 0.3 is 0 Å². The van der Waals surface area contributed by atoms with Crippen LogP contribution in [0, 0.1) is 12.7 Å². The number of amides is 1. The lowest BCUT2D eigenvalue weighted by Gasteiger charge is -2.23. The molecule has 2 heterocycles. The molecule has 1 aromatic heterocycles. The molecule has 3 rings (SSSR count). The number of hydrogen-bond donors (Lipinski definition) is 0. The Morgan fingerprint density at radius 3 is 2.80 bits per heavy atom. The van der Waals surface area contributed by atoms with Crippen molar-refractivity contribution in [3.63, 3.8) is 0 Å². The van der Waals surface area contributed by atoms with Crippen molar-refractivity contribution in [2.45, 2.75) is 25.8 Å². The topological polar surface area (TPSA) is 46.3 Å². The predicted octanol–water partition coefficient (Wildman–Crippen LogP) is 3.10. The van der Waals surface area contributed by atoms with Gasteiger partial charge in [-0.2, -0.15) is 0 Å². The van der Waals surface area contributed by atoms with Gasteiger partial charge < -0.3 is 9.42 Å². The number of aromatic nitrogens is 1. The number of aryl methyl sites for hydroxylation is 1. The van der Waals surface area contributed by atoms with Gasteiger partial charge in [-0.05, 0) is 37.5 Å². The summed E-state index contributed by atoms with van der Waals surface area (Å²) >= 11 is 0. The van der Waals surface area contributed by atoms with E-state index in [2.05, 4.69) is 5.16 Å². The molecule has 20 heavy (non-hydrogen) atoms. The van der Waals surface area contributed by atoms with E-state index in [0.717, 1.165) is 18.4 Å². The van der Waals surface area contributed by atoms with Gasteiger partial charge in [0.2, 0.25) is 5.76 Å². The summed E-state index contributed by atoms with van der Waals surface area (Å²) in [7, 11) is 0. The molecule has 104 valence electrons. The summed E-state index contributed by atoms with van der Waals surface area (Å²) in [6, 6.07) is 7.94. The van der Waals surface area contributed by atoms with Crippen molar-refractivity contribution in [3.8, 4) is 0 Å². The number of halogens is 1. The van der Waals surface area contributed by atoms with E-state index in [1.165, 1.54) is 12.1 Å². The summed E-state index contributed by atoms with van der Waals surface area (Å²) in [6.45, 7) is 2.46. The van der Waals surface area contributed by atoms with Crippen LogP contribution in [0.3, 0.4) is 0 Å². The van der Waals surface area contributed by atoms with Crippen LogP contribution in [0.5, 0.6) is 0 Å². The third-order valence-electron chi connectivity index (χ3n) is 3.61. The average molecular weight is 274 g/mol. The Bertz CT molecular complexity index is 621. The van der Waals surface area contributed by atoms with Crippen LogP contribution in [0.15, 0.2) is 34.9 Å². The number of hydrogen-bond acceptors (Lipinski definition) is 3. The van der Waals surface area contributed by atoms with E-state index in [9.17, 15) is 9.18 Å². The van der Waals surface area contributed by atoms with Gasteiger partial charge in [-0.3, -0.25) is 4.79 Å². The molecule has 4 nitrogen and oxygen atoms in total. The highest BCUT2D eigenvalue weighted by atomic mass is 19.1. The molecule has 0 spiro atoms. The van der Waals surface area contributed by atoms with Crippen molar-refractivity contribution in [2.24, 2.45) is 0 Å². The monoisotopic (exact) mass is 274 g/mol. The Morgan fingerprint density at radius 2 is 2.15 bits per heavy atom. The summed E-state index contributed by atoms with van der Waals surface area (Å²) < 4.78 is 18.0. The summed E-state index contributed by atoms with van der Waals surface area (Å²) in [5.41, 5.74) is 1.64. The van der Waals surface area contributed by atoms with Crippen LogP contribution in [0.2, 0.25) is 0 Å². The van der Waals surface area contributed by atoms with E-state index in [1.807, 2.05) is 0 Å². The Labute approximate surface area is 116 Å². The summed E-state index contributed by atoms with van der Waals surface area (Å²) in [5, 5.41) is 3.75. The molecular weight excluding hydrogens is 259 g/mol. The SMILES string of the molecule is Cc1cc(C(=O)N2CCCC2c2ccc(F)cc2)on1. The van der Waals surface area contributed by atoms with E-state index in [4.69, 9.17) is 4.52 Å². The second kappa shape index (κ2) is 5.07. The van der Waals surface area contributed by atoms with Crippen LogP contribution in [-0.4, -0.2) is 22.5 Å². The van der Waals surface area contributed by atoms with Crippen molar-refractivity contribution in [1.82, 2.24) is 10.1 Å². The van der Waals surface area contributed by atoms with Crippen molar-refractivity contribution in [3.05, 3.63) is 53.2 Å².